The largest absolute Gasteiger partial charge is 0.496 e. The van der Waals surface area contributed by atoms with Crippen molar-refractivity contribution in [3.8, 4) is 5.75 Å². The number of benzene rings is 1. The number of rotatable bonds is 4. The molecule has 0 spiro atoms. The number of non-ortho nitro benzene ring substituents is 1. The predicted octanol–water partition coefficient (Wildman–Crippen LogP) is 1.10. The quantitative estimate of drug-likeness (QED) is 0.468. The lowest BCUT2D eigenvalue weighted by Gasteiger charge is -2.03. The number of nitro benzene ring substituents is 1. The van der Waals surface area contributed by atoms with Gasteiger partial charge in [0.25, 0.3) is 5.69 Å². The highest BCUT2D eigenvalue weighted by atomic mass is 16.6. The van der Waals surface area contributed by atoms with Crippen LogP contribution in [0.2, 0.25) is 0 Å². The van der Waals surface area contributed by atoms with Crippen molar-refractivity contribution in [1.82, 2.24) is 0 Å². The molecule has 6 nitrogen and oxygen atoms in total. The molecule has 0 radical (unpaired) electrons. The first-order valence-corrected chi connectivity index (χ1v) is 4.34. The molecule has 16 heavy (non-hydrogen) atoms. The fourth-order valence-corrected chi connectivity index (χ4v) is 1.12. The fraction of sp³-hybridized carbons (Fsp3) is 0.100. The minimum absolute atomic E-state index is 0.0759. The number of carbonyl (C=O) groups excluding carboxylic acids is 1. The highest BCUT2D eigenvalue weighted by Crippen LogP contribution is 2.25. The van der Waals surface area contributed by atoms with Gasteiger partial charge in [-0.3, -0.25) is 14.9 Å². The first-order chi connectivity index (χ1) is 7.54. The van der Waals surface area contributed by atoms with E-state index in [0.717, 1.165) is 6.08 Å². The van der Waals surface area contributed by atoms with Crippen molar-refractivity contribution in [2.75, 3.05) is 7.11 Å². The Morgan fingerprint density at radius 1 is 1.56 bits per heavy atom. The van der Waals surface area contributed by atoms with Crippen molar-refractivity contribution in [3.63, 3.8) is 0 Å². The summed E-state index contributed by atoms with van der Waals surface area (Å²) in [7, 11) is 1.39. The molecule has 2 N–H and O–H groups in total. The third kappa shape index (κ3) is 2.81. The van der Waals surface area contributed by atoms with Crippen LogP contribution in [0.4, 0.5) is 5.69 Å². The van der Waals surface area contributed by atoms with Gasteiger partial charge in [-0.1, -0.05) is 0 Å². The molecule has 0 atom stereocenters. The van der Waals surface area contributed by atoms with Crippen molar-refractivity contribution >= 4 is 17.7 Å². The van der Waals surface area contributed by atoms with E-state index < -0.39 is 10.8 Å². The van der Waals surface area contributed by atoms with Crippen molar-refractivity contribution in [1.29, 1.82) is 0 Å². The molecule has 0 aliphatic carbocycles. The zero-order valence-corrected chi connectivity index (χ0v) is 8.54. The summed E-state index contributed by atoms with van der Waals surface area (Å²) in [6.07, 6.45) is 2.59. The minimum atomic E-state index is -0.597. The smallest absolute Gasteiger partial charge is 0.273 e. The molecule has 0 aliphatic heterocycles. The molecule has 1 aromatic rings. The van der Waals surface area contributed by atoms with Crippen LogP contribution in [0.3, 0.4) is 0 Å². The van der Waals surface area contributed by atoms with E-state index in [2.05, 4.69) is 0 Å². The third-order valence-electron chi connectivity index (χ3n) is 1.86. The summed E-state index contributed by atoms with van der Waals surface area (Å²) < 4.78 is 4.96. The second-order valence-electron chi connectivity index (χ2n) is 2.92. The van der Waals surface area contributed by atoms with Crippen molar-refractivity contribution < 1.29 is 14.5 Å². The minimum Gasteiger partial charge on any atom is -0.496 e. The summed E-state index contributed by atoms with van der Waals surface area (Å²) in [5.41, 5.74) is 5.41. The number of nitro groups is 1. The Bertz CT molecular complexity index is 454. The molecule has 1 amide bonds. The maximum absolute atomic E-state index is 10.5. The number of nitrogens with two attached hydrogens (primary N) is 1. The average Bonchev–Trinajstić information content (AvgIpc) is 2.25. The van der Waals surface area contributed by atoms with Crippen LogP contribution in [0.25, 0.3) is 6.08 Å². The van der Waals surface area contributed by atoms with Crippen LogP contribution in [0.1, 0.15) is 5.56 Å². The lowest BCUT2D eigenvalue weighted by molar-refractivity contribution is -0.384. The van der Waals surface area contributed by atoms with Gasteiger partial charge in [-0.25, -0.2) is 0 Å². The van der Waals surface area contributed by atoms with E-state index in [1.165, 1.54) is 31.4 Å². The maximum atomic E-state index is 10.5. The molecular formula is C10H10N2O4. The molecule has 1 aromatic carbocycles. The Balaban J connectivity index is 3.11. The number of hydrogen-bond acceptors (Lipinski definition) is 4. The second-order valence-corrected chi connectivity index (χ2v) is 2.92. The molecule has 84 valence electrons. The molecule has 6 heteroatoms. The Morgan fingerprint density at radius 2 is 2.25 bits per heavy atom. The first kappa shape index (κ1) is 11.7. The summed E-state index contributed by atoms with van der Waals surface area (Å²) in [5.74, 6) is -0.285. The molecule has 0 saturated heterocycles. The second kappa shape index (κ2) is 4.92. The van der Waals surface area contributed by atoms with Crippen molar-refractivity contribution in [2.24, 2.45) is 5.73 Å². The molecular weight excluding hydrogens is 212 g/mol. The van der Waals surface area contributed by atoms with E-state index >= 15 is 0 Å². The van der Waals surface area contributed by atoms with Crippen LogP contribution in [-0.4, -0.2) is 17.9 Å². The Kier molecular flexibility index (Phi) is 3.60. The van der Waals surface area contributed by atoms with Gasteiger partial charge in [-0.15, -0.1) is 0 Å². The van der Waals surface area contributed by atoms with Crippen LogP contribution in [0.15, 0.2) is 24.3 Å². The molecule has 0 heterocycles. The van der Waals surface area contributed by atoms with Crippen LogP contribution in [0.5, 0.6) is 5.75 Å². The van der Waals surface area contributed by atoms with Crippen LogP contribution < -0.4 is 10.5 Å². The van der Waals surface area contributed by atoms with Gasteiger partial charge >= 0.3 is 0 Å². The highest BCUT2D eigenvalue weighted by molar-refractivity contribution is 5.90. The number of amides is 1. The summed E-state index contributed by atoms with van der Waals surface area (Å²) in [5, 5.41) is 10.5. The molecule has 0 aromatic heterocycles. The number of methoxy groups -OCH3 is 1. The maximum Gasteiger partial charge on any atom is 0.273 e. The highest BCUT2D eigenvalue weighted by Gasteiger charge is 2.09. The van der Waals surface area contributed by atoms with Gasteiger partial charge in [0.05, 0.1) is 18.1 Å². The predicted molar refractivity (Wildman–Crippen MR) is 57.9 cm³/mol. The number of hydrogen-bond donors (Lipinski definition) is 1. The van der Waals surface area contributed by atoms with Crippen LogP contribution in [-0.2, 0) is 4.79 Å². The first-order valence-electron chi connectivity index (χ1n) is 4.34. The number of primary amides is 1. The number of nitrogens with zero attached hydrogens (tertiary/aromatic N) is 1. The normalized spacial score (nSPS) is 10.3. The Hall–Kier alpha value is -2.37. The number of ether oxygens (including phenoxy) is 1. The average molecular weight is 222 g/mol. The van der Waals surface area contributed by atoms with Gasteiger partial charge < -0.3 is 10.5 Å². The third-order valence-corrected chi connectivity index (χ3v) is 1.86. The lowest BCUT2D eigenvalue weighted by Crippen LogP contribution is -2.05. The standard InChI is InChI=1S/C10H10N2O4/c1-16-9-6-8(12(14)15)4-2-7(9)3-5-10(11)13/h2-6H,1H3,(H2,11,13)/b5-3-. The zero-order chi connectivity index (χ0) is 12.1. The summed E-state index contributed by atoms with van der Waals surface area (Å²) in [6, 6.07) is 4.08. The molecule has 0 saturated carbocycles. The van der Waals surface area contributed by atoms with Crippen LogP contribution in [0, 0.1) is 10.1 Å². The topological polar surface area (TPSA) is 95.5 Å². The SMILES string of the molecule is COc1cc([N+](=O)[O-])ccc1/C=C\C(N)=O. The van der Waals surface area contributed by atoms with Gasteiger partial charge in [0.2, 0.25) is 5.91 Å². The summed E-state index contributed by atoms with van der Waals surface area (Å²) in [6.45, 7) is 0. The van der Waals surface area contributed by atoms with E-state index in [-0.39, 0.29) is 5.69 Å². The lowest BCUT2D eigenvalue weighted by atomic mass is 10.1. The van der Waals surface area contributed by atoms with Gasteiger partial charge in [0.1, 0.15) is 5.75 Å². The van der Waals surface area contributed by atoms with Gasteiger partial charge in [-0.2, -0.15) is 0 Å². The molecule has 0 bridgehead atoms. The molecule has 0 unspecified atom stereocenters. The van der Waals surface area contributed by atoms with Gasteiger partial charge in [-0.05, 0) is 12.1 Å². The van der Waals surface area contributed by atoms with E-state index in [1.807, 2.05) is 0 Å². The Morgan fingerprint density at radius 3 is 2.75 bits per heavy atom. The van der Waals surface area contributed by atoms with E-state index in [9.17, 15) is 14.9 Å². The number of carbonyl (C=O) groups is 1. The monoisotopic (exact) mass is 222 g/mol. The Labute approximate surface area is 91.5 Å². The molecule has 0 fully saturated rings. The van der Waals surface area contributed by atoms with E-state index in [4.69, 9.17) is 10.5 Å². The zero-order valence-electron chi connectivity index (χ0n) is 8.54. The van der Waals surface area contributed by atoms with E-state index in [0.29, 0.717) is 11.3 Å². The summed E-state index contributed by atoms with van der Waals surface area (Å²) >= 11 is 0. The fourth-order valence-electron chi connectivity index (χ4n) is 1.12. The molecule has 0 aliphatic rings. The van der Waals surface area contributed by atoms with Gasteiger partial charge in [0, 0.05) is 17.7 Å². The van der Waals surface area contributed by atoms with Gasteiger partial charge in [0.15, 0.2) is 0 Å². The molecule has 1 rings (SSSR count). The van der Waals surface area contributed by atoms with Crippen molar-refractivity contribution in [2.45, 2.75) is 0 Å². The van der Waals surface area contributed by atoms with Crippen molar-refractivity contribution in [3.05, 3.63) is 40.0 Å². The van der Waals surface area contributed by atoms with E-state index in [1.54, 1.807) is 0 Å². The summed E-state index contributed by atoms with van der Waals surface area (Å²) in [4.78, 5) is 20.5. The van der Waals surface area contributed by atoms with Crippen LogP contribution >= 0.6 is 0 Å².